The molecule has 2 N–H and O–H groups in total. The monoisotopic (exact) mass is 185 g/mol. The number of amides is 1. The van der Waals surface area contributed by atoms with Crippen LogP contribution in [0.2, 0.25) is 0 Å². The van der Waals surface area contributed by atoms with E-state index in [4.69, 9.17) is 5.11 Å². The molecule has 0 aromatic heterocycles. The molecule has 1 heterocycles. The minimum absolute atomic E-state index is 0.185. The highest BCUT2D eigenvalue weighted by atomic mass is 16.3. The molecule has 4 nitrogen and oxygen atoms in total. The van der Waals surface area contributed by atoms with Gasteiger partial charge in [-0.25, -0.2) is 0 Å². The average Bonchev–Trinajstić information content (AvgIpc) is 2.46. The summed E-state index contributed by atoms with van der Waals surface area (Å²) in [5, 5.41) is 18.9. The summed E-state index contributed by atoms with van der Waals surface area (Å²) < 4.78 is 0. The molecule has 2 rings (SSSR count). The van der Waals surface area contributed by atoms with Gasteiger partial charge in [0.1, 0.15) is 5.60 Å². The van der Waals surface area contributed by atoms with E-state index in [9.17, 15) is 9.90 Å². The van der Waals surface area contributed by atoms with Gasteiger partial charge >= 0.3 is 0 Å². The van der Waals surface area contributed by atoms with Gasteiger partial charge in [-0.3, -0.25) is 4.79 Å². The van der Waals surface area contributed by atoms with Crippen LogP contribution < -0.4 is 0 Å². The fourth-order valence-electron chi connectivity index (χ4n) is 2.09. The van der Waals surface area contributed by atoms with Crippen molar-refractivity contribution in [2.24, 2.45) is 0 Å². The lowest BCUT2D eigenvalue weighted by atomic mass is 9.98. The zero-order chi connectivity index (χ0) is 9.47. The van der Waals surface area contributed by atoms with E-state index in [0.29, 0.717) is 25.9 Å². The van der Waals surface area contributed by atoms with E-state index in [1.807, 2.05) is 0 Å². The van der Waals surface area contributed by atoms with Crippen molar-refractivity contribution in [3.63, 3.8) is 0 Å². The summed E-state index contributed by atoms with van der Waals surface area (Å²) in [6.45, 7) is 0.780. The molecule has 1 saturated heterocycles. The number of hydrogen-bond acceptors (Lipinski definition) is 3. The Morgan fingerprint density at radius 1 is 1.31 bits per heavy atom. The summed E-state index contributed by atoms with van der Waals surface area (Å²) in [6.07, 6.45) is 2.64. The van der Waals surface area contributed by atoms with E-state index >= 15 is 0 Å². The van der Waals surface area contributed by atoms with Crippen molar-refractivity contribution in [1.29, 1.82) is 0 Å². The number of aliphatic hydroxyl groups is 2. The van der Waals surface area contributed by atoms with Crippen molar-refractivity contribution in [3.8, 4) is 0 Å². The zero-order valence-electron chi connectivity index (χ0n) is 7.57. The number of carbonyl (C=O) groups is 1. The minimum Gasteiger partial charge on any atom is -0.389 e. The highest BCUT2D eigenvalue weighted by Crippen LogP contribution is 2.32. The second kappa shape index (κ2) is 2.96. The maximum Gasteiger partial charge on any atom is 0.254 e. The lowest BCUT2D eigenvalue weighted by Crippen LogP contribution is -2.59. The summed E-state index contributed by atoms with van der Waals surface area (Å²) in [7, 11) is 0. The molecule has 0 radical (unpaired) electrons. The predicted octanol–water partition coefficient (Wildman–Crippen LogP) is -0.505. The summed E-state index contributed by atoms with van der Waals surface area (Å²) in [4.78, 5) is 13.2. The molecular weight excluding hydrogens is 170 g/mol. The van der Waals surface area contributed by atoms with E-state index in [0.717, 1.165) is 12.8 Å². The third-order valence-electron chi connectivity index (χ3n) is 2.98. The highest BCUT2D eigenvalue weighted by molar-refractivity contribution is 5.86. The van der Waals surface area contributed by atoms with Crippen LogP contribution in [0.3, 0.4) is 0 Å². The lowest BCUT2D eigenvalue weighted by molar-refractivity contribution is -0.160. The molecule has 2 fully saturated rings. The topological polar surface area (TPSA) is 60.8 Å². The first kappa shape index (κ1) is 8.97. The van der Waals surface area contributed by atoms with Crippen LogP contribution in [0.5, 0.6) is 0 Å². The van der Waals surface area contributed by atoms with E-state index in [2.05, 4.69) is 0 Å². The van der Waals surface area contributed by atoms with E-state index < -0.39 is 5.60 Å². The summed E-state index contributed by atoms with van der Waals surface area (Å²) >= 11 is 0. The number of carbonyl (C=O) groups excluding carboxylic acids is 1. The molecule has 0 bridgehead atoms. The number of aliphatic hydroxyl groups excluding tert-OH is 1. The number of nitrogens with zero attached hydrogens (tertiary/aromatic N) is 1. The van der Waals surface area contributed by atoms with Gasteiger partial charge in [0.05, 0.1) is 6.10 Å². The van der Waals surface area contributed by atoms with Gasteiger partial charge in [-0.05, 0) is 25.7 Å². The van der Waals surface area contributed by atoms with Crippen LogP contribution in [0.1, 0.15) is 25.7 Å². The Labute approximate surface area is 77.2 Å². The second-order valence-corrected chi connectivity index (χ2v) is 4.10. The van der Waals surface area contributed by atoms with Crippen molar-refractivity contribution in [1.82, 2.24) is 4.90 Å². The Balaban J connectivity index is 1.96. The highest BCUT2D eigenvalue weighted by Gasteiger charge is 2.44. The van der Waals surface area contributed by atoms with Gasteiger partial charge in [0.25, 0.3) is 5.91 Å². The summed E-state index contributed by atoms with van der Waals surface area (Å²) in [5.41, 5.74) is -1.11. The molecule has 4 heteroatoms. The van der Waals surface area contributed by atoms with Gasteiger partial charge < -0.3 is 15.1 Å². The van der Waals surface area contributed by atoms with Crippen LogP contribution in [0.25, 0.3) is 0 Å². The fourth-order valence-corrected chi connectivity index (χ4v) is 2.09. The van der Waals surface area contributed by atoms with Crippen LogP contribution in [-0.2, 0) is 4.79 Å². The van der Waals surface area contributed by atoms with Crippen molar-refractivity contribution >= 4 is 5.91 Å². The van der Waals surface area contributed by atoms with Crippen molar-refractivity contribution in [3.05, 3.63) is 0 Å². The minimum atomic E-state index is -1.11. The number of rotatable bonds is 1. The predicted molar refractivity (Wildman–Crippen MR) is 46.0 cm³/mol. The molecule has 1 saturated carbocycles. The normalized spacial score (nSPS) is 27.4. The first-order valence-electron chi connectivity index (χ1n) is 4.82. The Kier molecular flexibility index (Phi) is 2.04. The Morgan fingerprint density at radius 3 is 2.31 bits per heavy atom. The number of likely N-dealkylation sites (tertiary alicyclic amines) is 1. The second-order valence-electron chi connectivity index (χ2n) is 4.10. The van der Waals surface area contributed by atoms with E-state index in [1.165, 1.54) is 4.90 Å². The Hall–Kier alpha value is -0.610. The molecule has 1 amide bonds. The molecule has 0 atom stereocenters. The fraction of sp³-hybridized carbons (Fsp3) is 0.889. The molecular formula is C9H15NO3. The maximum absolute atomic E-state index is 11.7. The van der Waals surface area contributed by atoms with Gasteiger partial charge in [0.2, 0.25) is 0 Å². The number of β-amino-alcohol motifs (C(OH)–C–C–N with tert-alkyl or cyclic N) is 1. The van der Waals surface area contributed by atoms with Crippen LogP contribution in [0, 0.1) is 0 Å². The molecule has 0 unspecified atom stereocenters. The van der Waals surface area contributed by atoms with Crippen LogP contribution >= 0.6 is 0 Å². The van der Waals surface area contributed by atoms with Crippen LogP contribution in [-0.4, -0.2) is 45.8 Å². The van der Waals surface area contributed by atoms with Gasteiger partial charge in [-0.2, -0.15) is 0 Å². The van der Waals surface area contributed by atoms with Crippen molar-refractivity contribution in [2.75, 3.05) is 13.1 Å². The molecule has 1 aliphatic carbocycles. The smallest absolute Gasteiger partial charge is 0.254 e. The third-order valence-corrected chi connectivity index (χ3v) is 2.98. The average molecular weight is 185 g/mol. The van der Waals surface area contributed by atoms with Crippen molar-refractivity contribution < 1.29 is 15.0 Å². The van der Waals surface area contributed by atoms with Gasteiger partial charge in [0, 0.05) is 13.1 Å². The molecule has 0 aromatic carbocycles. The first-order chi connectivity index (χ1) is 6.12. The van der Waals surface area contributed by atoms with Gasteiger partial charge in [-0.15, -0.1) is 0 Å². The summed E-state index contributed by atoms with van der Waals surface area (Å²) in [5.74, 6) is -0.185. The standard InChI is InChI=1S/C9H15NO3/c11-7-5-10(6-7)8(12)9(13)3-1-2-4-9/h7,11,13H,1-6H2. The Bertz CT molecular complexity index is 217. The van der Waals surface area contributed by atoms with Crippen LogP contribution in [0.4, 0.5) is 0 Å². The zero-order valence-corrected chi connectivity index (χ0v) is 7.57. The quantitative estimate of drug-likeness (QED) is 0.578. The van der Waals surface area contributed by atoms with Crippen molar-refractivity contribution in [2.45, 2.75) is 37.4 Å². The SMILES string of the molecule is O=C(N1CC(O)C1)C1(O)CCCC1. The number of hydrogen-bond donors (Lipinski definition) is 2. The molecule has 74 valence electrons. The molecule has 0 aromatic rings. The van der Waals surface area contributed by atoms with Gasteiger partial charge in [-0.1, -0.05) is 0 Å². The Morgan fingerprint density at radius 2 is 1.85 bits per heavy atom. The molecule has 1 aliphatic heterocycles. The molecule has 2 aliphatic rings. The molecule has 0 spiro atoms. The largest absolute Gasteiger partial charge is 0.389 e. The molecule has 13 heavy (non-hydrogen) atoms. The lowest BCUT2D eigenvalue weighted by Gasteiger charge is -2.39. The van der Waals surface area contributed by atoms with E-state index in [1.54, 1.807) is 0 Å². The maximum atomic E-state index is 11.7. The third kappa shape index (κ3) is 1.44. The van der Waals surface area contributed by atoms with Gasteiger partial charge in [0.15, 0.2) is 0 Å². The van der Waals surface area contributed by atoms with Crippen LogP contribution in [0.15, 0.2) is 0 Å². The summed E-state index contributed by atoms with van der Waals surface area (Å²) in [6, 6.07) is 0. The first-order valence-corrected chi connectivity index (χ1v) is 4.82. The van der Waals surface area contributed by atoms with E-state index in [-0.39, 0.29) is 12.0 Å².